The fourth-order valence-corrected chi connectivity index (χ4v) is 1.83. The van der Waals surface area contributed by atoms with E-state index in [0.29, 0.717) is 0 Å². The summed E-state index contributed by atoms with van der Waals surface area (Å²) in [6.07, 6.45) is 1.48. The molecule has 1 amide bonds. The molecule has 0 saturated heterocycles. The quantitative estimate of drug-likeness (QED) is 0.535. The molecule has 1 N–H and O–H groups in total. The summed E-state index contributed by atoms with van der Waals surface area (Å²) in [4.78, 5) is 21.9. The van der Waals surface area contributed by atoms with Gasteiger partial charge in [-0.3, -0.25) is 14.9 Å². The van der Waals surface area contributed by atoms with Crippen molar-refractivity contribution in [3.63, 3.8) is 0 Å². The van der Waals surface area contributed by atoms with Gasteiger partial charge in [0.05, 0.1) is 21.7 Å². The number of benzene rings is 2. The van der Waals surface area contributed by atoms with Crippen LogP contribution in [0.15, 0.2) is 53.6 Å². The number of halogens is 1. The van der Waals surface area contributed by atoms with Gasteiger partial charge in [0.2, 0.25) is 0 Å². The highest BCUT2D eigenvalue weighted by atomic mass is 35.5. The fraction of sp³-hybridized carbons (Fsp3) is 0. The van der Waals surface area contributed by atoms with Crippen molar-refractivity contribution in [3.05, 3.63) is 74.8 Å². The van der Waals surface area contributed by atoms with Crippen molar-refractivity contribution in [1.82, 2.24) is 5.43 Å². The highest BCUT2D eigenvalue weighted by Gasteiger charge is 2.14. The Kier molecular flexibility index (Phi) is 4.63. The molecule has 0 radical (unpaired) electrons. The van der Waals surface area contributed by atoms with Gasteiger partial charge < -0.3 is 0 Å². The molecule has 0 aromatic heterocycles. The van der Waals surface area contributed by atoms with Gasteiger partial charge in [0.25, 0.3) is 11.6 Å². The van der Waals surface area contributed by atoms with Crippen LogP contribution in [0.1, 0.15) is 15.9 Å². The second kappa shape index (κ2) is 6.62. The van der Waals surface area contributed by atoms with E-state index < -0.39 is 10.8 Å². The van der Waals surface area contributed by atoms with Gasteiger partial charge in [0.15, 0.2) is 0 Å². The lowest BCUT2D eigenvalue weighted by Gasteiger charge is -2.02. The molecule has 0 bridgehead atoms. The van der Waals surface area contributed by atoms with Crippen LogP contribution in [0.25, 0.3) is 0 Å². The summed E-state index contributed by atoms with van der Waals surface area (Å²) < 4.78 is 0. The van der Waals surface area contributed by atoms with Crippen molar-refractivity contribution >= 4 is 29.4 Å². The molecule has 7 heteroatoms. The van der Waals surface area contributed by atoms with E-state index in [9.17, 15) is 14.9 Å². The molecule has 0 aliphatic carbocycles. The molecule has 0 aliphatic heterocycles. The summed E-state index contributed by atoms with van der Waals surface area (Å²) >= 11 is 5.85. The third-order valence-corrected chi connectivity index (χ3v) is 2.90. The largest absolute Gasteiger partial charge is 0.272 e. The van der Waals surface area contributed by atoms with E-state index in [1.54, 1.807) is 0 Å². The molecular weight excluding hydrogens is 294 g/mol. The van der Waals surface area contributed by atoms with E-state index in [0.717, 1.165) is 11.6 Å². The summed E-state index contributed by atoms with van der Waals surface area (Å²) in [6, 6.07) is 12.8. The number of nitrogens with one attached hydrogen (secondary N) is 1. The van der Waals surface area contributed by atoms with Crippen molar-refractivity contribution in [2.45, 2.75) is 0 Å². The van der Waals surface area contributed by atoms with Crippen molar-refractivity contribution in [1.29, 1.82) is 0 Å². The number of amides is 1. The summed E-state index contributed by atoms with van der Waals surface area (Å²) in [5, 5.41) is 14.4. The number of carbonyl (C=O) groups is 1. The molecule has 2 aromatic rings. The molecule has 0 spiro atoms. The highest BCUT2D eigenvalue weighted by Crippen LogP contribution is 2.22. The Morgan fingerprint density at radius 3 is 2.57 bits per heavy atom. The van der Waals surface area contributed by atoms with E-state index in [2.05, 4.69) is 10.5 Å². The van der Waals surface area contributed by atoms with Gasteiger partial charge in [-0.05, 0) is 11.6 Å². The number of nitro benzene ring substituents is 1. The zero-order chi connectivity index (χ0) is 15.2. The first-order valence-electron chi connectivity index (χ1n) is 5.90. The minimum absolute atomic E-state index is 0.00314. The Hall–Kier alpha value is -2.73. The lowest BCUT2D eigenvalue weighted by atomic mass is 10.2. The van der Waals surface area contributed by atoms with Crippen LogP contribution in [0.2, 0.25) is 5.02 Å². The van der Waals surface area contributed by atoms with E-state index in [4.69, 9.17) is 11.6 Å². The van der Waals surface area contributed by atoms with Crippen LogP contribution in [0, 0.1) is 10.1 Å². The molecule has 0 fully saturated rings. The Labute approximate surface area is 125 Å². The number of rotatable bonds is 4. The average Bonchev–Trinajstić information content (AvgIpc) is 2.48. The molecule has 2 rings (SSSR count). The SMILES string of the molecule is O=C(N/N=C\c1ccccc1)c1ccc([N+](=O)[O-])cc1Cl. The minimum atomic E-state index is -0.582. The predicted octanol–water partition coefficient (Wildman–Crippen LogP) is 3.01. The van der Waals surface area contributed by atoms with Gasteiger partial charge in [0.1, 0.15) is 0 Å². The van der Waals surface area contributed by atoms with Crippen LogP contribution in [-0.2, 0) is 0 Å². The van der Waals surface area contributed by atoms with Crippen LogP contribution in [0.5, 0.6) is 0 Å². The summed E-state index contributed by atoms with van der Waals surface area (Å²) in [7, 11) is 0. The Bertz CT molecular complexity index is 702. The first-order valence-corrected chi connectivity index (χ1v) is 6.28. The molecule has 6 nitrogen and oxygen atoms in total. The van der Waals surface area contributed by atoms with E-state index in [-0.39, 0.29) is 16.3 Å². The molecular formula is C14H10ClN3O3. The third kappa shape index (κ3) is 3.87. The van der Waals surface area contributed by atoms with Crippen molar-refractivity contribution in [3.8, 4) is 0 Å². The number of hydrogen-bond acceptors (Lipinski definition) is 4. The zero-order valence-electron chi connectivity index (χ0n) is 10.7. The smallest absolute Gasteiger partial charge is 0.267 e. The first-order chi connectivity index (χ1) is 10.1. The Morgan fingerprint density at radius 2 is 1.95 bits per heavy atom. The van der Waals surface area contributed by atoms with E-state index in [1.807, 2.05) is 30.3 Å². The Balaban J connectivity index is 2.07. The monoisotopic (exact) mass is 303 g/mol. The molecule has 0 heterocycles. The Morgan fingerprint density at radius 1 is 1.24 bits per heavy atom. The number of nitrogens with zero attached hydrogens (tertiary/aromatic N) is 2. The normalized spacial score (nSPS) is 10.5. The summed E-state index contributed by atoms with van der Waals surface area (Å²) in [6.45, 7) is 0. The maximum atomic E-state index is 11.9. The lowest BCUT2D eigenvalue weighted by Crippen LogP contribution is -2.18. The third-order valence-electron chi connectivity index (χ3n) is 2.59. The molecule has 106 valence electrons. The standard InChI is InChI=1S/C14H10ClN3O3/c15-13-8-11(18(20)21)6-7-12(13)14(19)17-16-9-10-4-2-1-3-5-10/h1-9H,(H,17,19)/b16-9-. The molecule has 0 saturated carbocycles. The maximum Gasteiger partial charge on any atom is 0.272 e. The fourth-order valence-electron chi connectivity index (χ4n) is 1.57. The second-order valence-electron chi connectivity index (χ2n) is 4.03. The number of hydrazone groups is 1. The van der Waals surface area contributed by atoms with Crippen LogP contribution < -0.4 is 5.43 Å². The first kappa shape index (κ1) is 14.7. The lowest BCUT2D eigenvalue weighted by molar-refractivity contribution is -0.384. The topological polar surface area (TPSA) is 84.6 Å². The minimum Gasteiger partial charge on any atom is -0.267 e. The van der Waals surface area contributed by atoms with Crippen LogP contribution in [0.4, 0.5) is 5.69 Å². The molecule has 0 aliphatic rings. The number of hydrogen-bond donors (Lipinski definition) is 1. The zero-order valence-corrected chi connectivity index (χ0v) is 11.4. The van der Waals surface area contributed by atoms with Gasteiger partial charge in [-0.15, -0.1) is 0 Å². The van der Waals surface area contributed by atoms with Crippen LogP contribution in [0.3, 0.4) is 0 Å². The molecule has 0 unspecified atom stereocenters. The van der Waals surface area contributed by atoms with E-state index >= 15 is 0 Å². The average molecular weight is 304 g/mol. The van der Waals surface area contributed by atoms with Gasteiger partial charge in [-0.2, -0.15) is 5.10 Å². The number of carbonyl (C=O) groups excluding carboxylic acids is 1. The van der Waals surface area contributed by atoms with Crippen molar-refractivity contribution in [2.24, 2.45) is 5.10 Å². The summed E-state index contributed by atoms with van der Waals surface area (Å²) in [5.41, 5.74) is 3.08. The van der Waals surface area contributed by atoms with E-state index in [1.165, 1.54) is 18.3 Å². The molecule has 0 atom stereocenters. The van der Waals surface area contributed by atoms with Crippen molar-refractivity contribution < 1.29 is 9.72 Å². The van der Waals surface area contributed by atoms with Crippen LogP contribution in [-0.4, -0.2) is 17.0 Å². The maximum absolute atomic E-state index is 11.9. The molecule has 21 heavy (non-hydrogen) atoms. The predicted molar refractivity (Wildman–Crippen MR) is 79.6 cm³/mol. The second-order valence-corrected chi connectivity index (χ2v) is 4.44. The number of non-ortho nitro benzene ring substituents is 1. The highest BCUT2D eigenvalue weighted by molar-refractivity contribution is 6.34. The van der Waals surface area contributed by atoms with Gasteiger partial charge >= 0.3 is 0 Å². The van der Waals surface area contributed by atoms with Gasteiger partial charge in [-0.25, -0.2) is 5.43 Å². The molecule has 2 aromatic carbocycles. The van der Waals surface area contributed by atoms with Gasteiger partial charge in [0, 0.05) is 12.1 Å². The van der Waals surface area contributed by atoms with Crippen molar-refractivity contribution in [2.75, 3.05) is 0 Å². The van der Waals surface area contributed by atoms with Crippen LogP contribution >= 0.6 is 11.6 Å². The number of nitro groups is 1. The summed E-state index contributed by atoms with van der Waals surface area (Å²) in [5.74, 6) is -0.540. The van der Waals surface area contributed by atoms with Gasteiger partial charge in [-0.1, -0.05) is 41.9 Å².